The van der Waals surface area contributed by atoms with Crippen LogP contribution in [0, 0.1) is 6.92 Å². The summed E-state index contributed by atoms with van der Waals surface area (Å²) in [7, 11) is 0. The van der Waals surface area contributed by atoms with E-state index in [0.717, 1.165) is 29.8 Å². The smallest absolute Gasteiger partial charge is 0.252 e. The van der Waals surface area contributed by atoms with Crippen molar-refractivity contribution in [1.29, 1.82) is 0 Å². The average molecular weight is 288 g/mol. The van der Waals surface area contributed by atoms with Gasteiger partial charge in [-0.15, -0.1) is 0 Å². The summed E-state index contributed by atoms with van der Waals surface area (Å²) in [4.78, 5) is 25.7. The monoisotopic (exact) mass is 288 g/mol. The Labute approximate surface area is 124 Å². The summed E-state index contributed by atoms with van der Waals surface area (Å²) in [6.07, 6.45) is 2.12. The zero-order chi connectivity index (χ0) is 15.0. The van der Waals surface area contributed by atoms with Gasteiger partial charge in [-0.2, -0.15) is 0 Å². The third-order valence-corrected chi connectivity index (χ3v) is 3.86. The highest BCUT2D eigenvalue weighted by Crippen LogP contribution is 2.34. The van der Waals surface area contributed by atoms with Crippen molar-refractivity contribution in [2.24, 2.45) is 0 Å². The van der Waals surface area contributed by atoms with E-state index in [1.807, 2.05) is 32.0 Å². The fourth-order valence-corrected chi connectivity index (χ4v) is 2.69. The van der Waals surface area contributed by atoms with Gasteiger partial charge in [0.25, 0.3) is 5.91 Å². The van der Waals surface area contributed by atoms with Gasteiger partial charge in [-0.1, -0.05) is 6.07 Å². The van der Waals surface area contributed by atoms with E-state index in [1.54, 1.807) is 0 Å². The Hall–Kier alpha value is -2.04. The van der Waals surface area contributed by atoms with Gasteiger partial charge in [0.05, 0.1) is 18.7 Å². The molecule has 2 fully saturated rings. The van der Waals surface area contributed by atoms with E-state index in [2.05, 4.69) is 5.32 Å². The first-order chi connectivity index (χ1) is 10.1. The molecule has 1 aromatic rings. The molecular formula is C16H20N2O3. The SMILES string of the molecule is CCOc1cc(C)ccc1NC1CC(=O)N(C2CC2)C1=O. The molecule has 1 heterocycles. The van der Waals surface area contributed by atoms with Gasteiger partial charge in [0, 0.05) is 6.04 Å². The molecule has 21 heavy (non-hydrogen) atoms. The van der Waals surface area contributed by atoms with Crippen LogP contribution in [0.3, 0.4) is 0 Å². The molecule has 2 aliphatic rings. The van der Waals surface area contributed by atoms with E-state index in [0.29, 0.717) is 6.61 Å². The summed E-state index contributed by atoms with van der Waals surface area (Å²) in [6.45, 7) is 4.47. The Balaban J connectivity index is 1.77. The molecule has 2 amide bonds. The Bertz CT molecular complexity index is 581. The zero-order valence-corrected chi connectivity index (χ0v) is 12.4. The lowest BCUT2D eigenvalue weighted by Gasteiger charge is -2.17. The van der Waals surface area contributed by atoms with E-state index in [-0.39, 0.29) is 24.3 Å². The van der Waals surface area contributed by atoms with Crippen LogP contribution in [0.5, 0.6) is 5.75 Å². The largest absolute Gasteiger partial charge is 0.492 e. The second-order valence-electron chi connectivity index (χ2n) is 5.67. The summed E-state index contributed by atoms with van der Waals surface area (Å²) in [5.74, 6) is 0.554. The van der Waals surface area contributed by atoms with Gasteiger partial charge in [-0.05, 0) is 44.4 Å². The van der Waals surface area contributed by atoms with Gasteiger partial charge < -0.3 is 10.1 Å². The molecule has 0 spiro atoms. The Morgan fingerprint density at radius 3 is 2.76 bits per heavy atom. The second-order valence-corrected chi connectivity index (χ2v) is 5.67. The molecular weight excluding hydrogens is 268 g/mol. The number of amides is 2. The van der Waals surface area contributed by atoms with Crippen LogP contribution in [0.1, 0.15) is 31.7 Å². The van der Waals surface area contributed by atoms with E-state index >= 15 is 0 Å². The number of ether oxygens (including phenoxy) is 1. The Morgan fingerprint density at radius 1 is 1.33 bits per heavy atom. The van der Waals surface area contributed by atoms with Crippen molar-refractivity contribution in [3.63, 3.8) is 0 Å². The van der Waals surface area contributed by atoms with Crippen molar-refractivity contribution < 1.29 is 14.3 Å². The Morgan fingerprint density at radius 2 is 2.10 bits per heavy atom. The molecule has 1 saturated heterocycles. The summed E-state index contributed by atoms with van der Waals surface area (Å²) >= 11 is 0. The minimum Gasteiger partial charge on any atom is -0.492 e. The van der Waals surface area contributed by atoms with Crippen LogP contribution in [0.2, 0.25) is 0 Å². The standard InChI is InChI=1S/C16H20N2O3/c1-3-21-14-8-10(2)4-7-12(14)17-13-9-15(19)18(16(13)20)11-5-6-11/h4,7-8,11,13,17H,3,5-6,9H2,1-2H3. The molecule has 5 nitrogen and oxygen atoms in total. The molecule has 5 heteroatoms. The summed E-state index contributed by atoms with van der Waals surface area (Å²) in [5, 5.41) is 3.18. The predicted molar refractivity (Wildman–Crippen MR) is 79.3 cm³/mol. The van der Waals surface area contributed by atoms with Crippen molar-refractivity contribution in [2.75, 3.05) is 11.9 Å². The highest BCUT2D eigenvalue weighted by Gasteiger charge is 2.46. The number of benzene rings is 1. The number of anilines is 1. The average Bonchev–Trinajstić information content (AvgIpc) is 3.21. The molecule has 1 unspecified atom stereocenters. The molecule has 1 N–H and O–H groups in total. The summed E-state index contributed by atoms with van der Waals surface area (Å²) in [6, 6.07) is 5.47. The quantitative estimate of drug-likeness (QED) is 0.843. The molecule has 3 rings (SSSR count). The maximum absolute atomic E-state index is 12.3. The number of imide groups is 1. The topological polar surface area (TPSA) is 58.6 Å². The molecule has 1 aromatic carbocycles. The number of nitrogens with one attached hydrogen (secondary N) is 1. The molecule has 0 bridgehead atoms. The van der Waals surface area contributed by atoms with Gasteiger partial charge in [0.2, 0.25) is 5.91 Å². The van der Waals surface area contributed by atoms with E-state index in [9.17, 15) is 9.59 Å². The van der Waals surface area contributed by atoms with Gasteiger partial charge in [-0.25, -0.2) is 0 Å². The number of carbonyl (C=O) groups is 2. The fourth-order valence-electron chi connectivity index (χ4n) is 2.69. The zero-order valence-electron chi connectivity index (χ0n) is 12.4. The van der Waals surface area contributed by atoms with Crippen LogP contribution in [-0.4, -0.2) is 35.4 Å². The molecule has 1 saturated carbocycles. The number of hydrogen-bond acceptors (Lipinski definition) is 4. The van der Waals surface area contributed by atoms with Gasteiger partial charge in [0.1, 0.15) is 11.8 Å². The van der Waals surface area contributed by atoms with Crippen molar-refractivity contribution in [2.45, 2.75) is 45.2 Å². The first-order valence-corrected chi connectivity index (χ1v) is 7.46. The molecule has 112 valence electrons. The summed E-state index contributed by atoms with van der Waals surface area (Å²) in [5.41, 5.74) is 1.86. The fraction of sp³-hybridized carbons (Fsp3) is 0.500. The number of aryl methyl sites for hydroxylation is 1. The van der Waals surface area contributed by atoms with Gasteiger partial charge in [0.15, 0.2) is 0 Å². The van der Waals surface area contributed by atoms with Crippen LogP contribution in [0.25, 0.3) is 0 Å². The minimum absolute atomic E-state index is 0.0647. The van der Waals surface area contributed by atoms with E-state index in [1.165, 1.54) is 4.90 Å². The Kier molecular flexibility index (Phi) is 3.57. The van der Waals surface area contributed by atoms with Crippen molar-refractivity contribution >= 4 is 17.5 Å². The lowest BCUT2D eigenvalue weighted by molar-refractivity contribution is -0.139. The summed E-state index contributed by atoms with van der Waals surface area (Å²) < 4.78 is 5.60. The maximum Gasteiger partial charge on any atom is 0.252 e. The number of nitrogens with zero attached hydrogens (tertiary/aromatic N) is 1. The van der Waals surface area contributed by atoms with Crippen LogP contribution >= 0.6 is 0 Å². The highest BCUT2D eigenvalue weighted by atomic mass is 16.5. The predicted octanol–water partition coefficient (Wildman–Crippen LogP) is 2.10. The van der Waals surface area contributed by atoms with Gasteiger partial charge in [-0.3, -0.25) is 14.5 Å². The van der Waals surface area contributed by atoms with E-state index in [4.69, 9.17) is 4.74 Å². The van der Waals surface area contributed by atoms with Crippen molar-refractivity contribution in [3.8, 4) is 5.75 Å². The third kappa shape index (κ3) is 2.73. The first kappa shape index (κ1) is 13.9. The minimum atomic E-state index is -0.472. The molecule has 1 aliphatic carbocycles. The first-order valence-electron chi connectivity index (χ1n) is 7.46. The number of hydrogen-bond donors (Lipinski definition) is 1. The van der Waals surface area contributed by atoms with Crippen molar-refractivity contribution in [1.82, 2.24) is 4.90 Å². The normalized spacial score (nSPS) is 21.8. The molecule has 1 atom stereocenters. The number of rotatable bonds is 5. The van der Waals surface area contributed by atoms with Crippen LogP contribution in [-0.2, 0) is 9.59 Å². The lowest BCUT2D eigenvalue weighted by Crippen LogP contribution is -2.36. The highest BCUT2D eigenvalue weighted by molar-refractivity contribution is 6.07. The van der Waals surface area contributed by atoms with Crippen LogP contribution in [0.15, 0.2) is 18.2 Å². The third-order valence-electron chi connectivity index (χ3n) is 3.86. The van der Waals surface area contributed by atoms with Crippen molar-refractivity contribution in [3.05, 3.63) is 23.8 Å². The van der Waals surface area contributed by atoms with Crippen LogP contribution in [0.4, 0.5) is 5.69 Å². The number of carbonyl (C=O) groups excluding carboxylic acids is 2. The van der Waals surface area contributed by atoms with E-state index < -0.39 is 6.04 Å². The lowest BCUT2D eigenvalue weighted by atomic mass is 10.1. The maximum atomic E-state index is 12.3. The van der Waals surface area contributed by atoms with Gasteiger partial charge >= 0.3 is 0 Å². The van der Waals surface area contributed by atoms with Crippen LogP contribution < -0.4 is 10.1 Å². The second kappa shape index (κ2) is 5.39. The molecule has 0 aromatic heterocycles. The molecule has 0 radical (unpaired) electrons. The number of likely N-dealkylation sites (tertiary alicyclic amines) is 1. The molecule has 1 aliphatic heterocycles.